The van der Waals surface area contributed by atoms with Crippen LogP contribution in [-0.2, 0) is 16.2 Å². The Labute approximate surface area is 173 Å². The molecule has 30 heavy (non-hydrogen) atoms. The Balaban J connectivity index is 1.37. The lowest BCUT2D eigenvalue weighted by molar-refractivity contribution is -0.136. The number of ether oxygens (including phenoxy) is 1. The Morgan fingerprint density at radius 3 is 2.53 bits per heavy atom. The molecule has 2 amide bonds. The fourth-order valence-electron chi connectivity index (χ4n) is 3.59. The highest BCUT2D eigenvalue weighted by Crippen LogP contribution is 2.25. The van der Waals surface area contributed by atoms with Crippen molar-refractivity contribution in [3.05, 3.63) is 66.4 Å². The average Bonchev–Trinajstić information content (AvgIpc) is 3.28. The molecule has 1 aliphatic rings. The Morgan fingerprint density at radius 2 is 1.77 bits per heavy atom. The molecule has 8 nitrogen and oxygen atoms in total. The third kappa shape index (κ3) is 4.24. The minimum Gasteiger partial charge on any atom is -0.488 e. The zero-order valence-electron chi connectivity index (χ0n) is 16.2. The highest BCUT2D eigenvalue weighted by Gasteiger charge is 2.37. The van der Waals surface area contributed by atoms with Gasteiger partial charge in [-0.3, -0.25) is 19.8 Å². The number of anilines is 1. The number of rotatable bonds is 6. The molecule has 0 saturated carbocycles. The molecule has 2 aromatic carbocycles. The van der Waals surface area contributed by atoms with Crippen LogP contribution in [0.5, 0.6) is 5.75 Å². The van der Waals surface area contributed by atoms with E-state index in [0.717, 1.165) is 22.2 Å². The second kappa shape index (κ2) is 8.89. The third-order valence-corrected chi connectivity index (χ3v) is 5.22. The van der Waals surface area contributed by atoms with Crippen molar-refractivity contribution in [3.8, 4) is 5.75 Å². The topological polar surface area (TPSA) is 113 Å². The number of hydrogen-bond donors (Lipinski definition) is 4. The molecule has 0 unspecified atom stereocenters. The van der Waals surface area contributed by atoms with E-state index in [4.69, 9.17) is 9.94 Å². The van der Waals surface area contributed by atoms with Crippen LogP contribution in [0.3, 0.4) is 0 Å². The van der Waals surface area contributed by atoms with Crippen LogP contribution in [0.15, 0.2) is 60.8 Å². The first-order valence-electron chi connectivity index (χ1n) is 9.67. The third-order valence-electron chi connectivity index (χ3n) is 5.22. The van der Waals surface area contributed by atoms with Crippen LogP contribution in [-0.4, -0.2) is 35.1 Å². The first kappa shape index (κ1) is 19.8. The maximum absolute atomic E-state index is 12.5. The average molecular weight is 406 g/mol. The van der Waals surface area contributed by atoms with E-state index in [1.54, 1.807) is 23.8 Å². The Bertz CT molecular complexity index is 1050. The molecule has 8 heteroatoms. The van der Waals surface area contributed by atoms with Crippen LogP contribution >= 0.6 is 0 Å². The molecular formula is C22H22N4O4. The van der Waals surface area contributed by atoms with Crippen molar-refractivity contribution in [1.82, 2.24) is 15.8 Å². The maximum Gasteiger partial charge on any atom is 0.248 e. The first-order valence-corrected chi connectivity index (χ1v) is 9.67. The quantitative estimate of drug-likeness (QED) is 0.368. The van der Waals surface area contributed by atoms with Gasteiger partial charge in [-0.1, -0.05) is 24.3 Å². The van der Waals surface area contributed by atoms with Gasteiger partial charge in [0.25, 0.3) is 0 Å². The van der Waals surface area contributed by atoms with Crippen molar-refractivity contribution < 1.29 is 19.5 Å². The molecule has 1 aliphatic heterocycles. The Kier molecular flexibility index (Phi) is 5.87. The predicted octanol–water partition coefficient (Wildman–Crippen LogP) is 2.09. The number of hydroxylamine groups is 1. The number of nitrogens with one attached hydrogen (secondary N) is 3. The van der Waals surface area contributed by atoms with Crippen LogP contribution in [0.1, 0.15) is 5.56 Å². The normalized spacial score (nSPS) is 18.2. The predicted molar refractivity (Wildman–Crippen MR) is 111 cm³/mol. The van der Waals surface area contributed by atoms with E-state index >= 15 is 0 Å². The number of hydrogen-bond acceptors (Lipinski definition) is 6. The van der Waals surface area contributed by atoms with Gasteiger partial charge in [-0.2, -0.15) is 0 Å². The van der Waals surface area contributed by atoms with E-state index in [-0.39, 0.29) is 5.91 Å². The first-order chi connectivity index (χ1) is 14.7. The van der Waals surface area contributed by atoms with Gasteiger partial charge >= 0.3 is 0 Å². The highest BCUT2D eigenvalue weighted by atomic mass is 16.5. The molecule has 0 aliphatic carbocycles. The summed E-state index contributed by atoms with van der Waals surface area (Å²) in [5.74, 6) is -1.20. The van der Waals surface area contributed by atoms with Crippen molar-refractivity contribution in [2.75, 3.05) is 18.4 Å². The van der Waals surface area contributed by atoms with Crippen molar-refractivity contribution >= 4 is 28.4 Å². The van der Waals surface area contributed by atoms with Crippen molar-refractivity contribution in [2.24, 2.45) is 11.8 Å². The summed E-state index contributed by atoms with van der Waals surface area (Å²) in [7, 11) is 0. The second-order valence-electron chi connectivity index (χ2n) is 7.15. The second-order valence-corrected chi connectivity index (χ2v) is 7.15. The molecule has 1 saturated heterocycles. The molecule has 3 aromatic rings. The van der Waals surface area contributed by atoms with Gasteiger partial charge in [-0.25, -0.2) is 5.48 Å². The van der Waals surface area contributed by atoms with Gasteiger partial charge < -0.3 is 15.4 Å². The Hall–Kier alpha value is -3.49. The number of benzene rings is 2. The van der Waals surface area contributed by atoms with E-state index in [1.165, 1.54) is 0 Å². The van der Waals surface area contributed by atoms with E-state index in [1.807, 2.05) is 42.5 Å². The summed E-state index contributed by atoms with van der Waals surface area (Å²) in [6.07, 6.45) is 1.72. The number of nitrogens with zero attached hydrogens (tertiary/aromatic N) is 1. The summed E-state index contributed by atoms with van der Waals surface area (Å²) >= 11 is 0. The van der Waals surface area contributed by atoms with Gasteiger partial charge in [0.2, 0.25) is 11.8 Å². The summed E-state index contributed by atoms with van der Waals surface area (Å²) in [5, 5.41) is 15.6. The fourth-order valence-corrected chi connectivity index (χ4v) is 3.59. The maximum atomic E-state index is 12.5. The minimum atomic E-state index is -0.599. The van der Waals surface area contributed by atoms with Crippen LogP contribution in [0, 0.1) is 11.8 Å². The van der Waals surface area contributed by atoms with Crippen LogP contribution in [0.4, 0.5) is 5.69 Å². The van der Waals surface area contributed by atoms with Crippen LogP contribution in [0.2, 0.25) is 0 Å². The lowest BCUT2D eigenvalue weighted by atomic mass is 9.94. The van der Waals surface area contributed by atoms with E-state index in [2.05, 4.69) is 15.6 Å². The number of pyridine rings is 1. The van der Waals surface area contributed by atoms with Gasteiger partial charge in [0.15, 0.2) is 0 Å². The zero-order valence-corrected chi connectivity index (χ0v) is 16.2. The van der Waals surface area contributed by atoms with E-state index in [0.29, 0.717) is 25.4 Å². The largest absolute Gasteiger partial charge is 0.488 e. The molecular weight excluding hydrogens is 384 g/mol. The van der Waals surface area contributed by atoms with Crippen LogP contribution in [0.25, 0.3) is 10.9 Å². The van der Waals surface area contributed by atoms with Gasteiger partial charge in [0.05, 0.1) is 17.4 Å². The summed E-state index contributed by atoms with van der Waals surface area (Å²) in [5.41, 5.74) is 4.09. The molecule has 0 spiro atoms. The van der Waals surface area contributed by atoms with E-state index < -0.39 is 17.7 Å². The van der Waals surface area contributed by atoms with Crippen LogP contribution < -0.4 is 20.9 Å². The van der Waals surface area contributed by atoms with Gasteiger partial charge in [-0.05, 0) is 35.9 Å². The number of carbonyl (C=O) groups excluding carboxylic acids is 2. The summed E-state index contributed by atoms with van der Waals surface area (Å²) in [4.78, 5) is 28.5. The minimum absolute atomic E-state index is 0.263. The Morgan fingerprint density at radius 1 is 1.03 bits per heavy atom. The smallest absolute Gasteiger partial charge is 0.248 e. The molecule has 1 fully saturated rings. The number of fused-ring (bicyclic) bond motifs is 1. The van der Waals surface area contributed by atoms with Crippen molar-refractivity contribution in [1.29, 1.82) is 0 Å². The van der Waals surface area contributed by atoms with Crippen molar-refractivity contribution in [3.63, 3.8) is 0 Å². The number of para-hydroxylation sites is 1. The standard InChI is InChI=1S/C22H22N4O4/c27-21(17-11-23-12-18(17)22(28)26-29)25-15-7-5-14(6-8-15)13-30-20-9-10-24-19-4-2-1-3-16(19)20/h1-10,17-18,23,29H,11-13H2,(H,25,27)(H,26,28)/t17-,18-/m0/s1. The van der Waals surface area contributed by atoms with Gasteiger partial charge in [0, 0.05) is 30.4 Å². The summed E-state index contributed by atoms with van der Waals surface area (Å²) in [6.45, 7) is 1.12. The molecule has 0 bridgehead atoms. The molecule has 154 valence electrons. The van der Waals surface area contributed by atoms with E-state index in [9.17, 15) is 9.59 Å². The molecule has 4 N–H and O–H groups in total. The molecule has 4 rings (SSSR count). The zero-order chi connectivity index (χ0) is 20.9. The number of carbonyl (C=O) groups is 2. The number of aromatic nitrogens is 1. The molecule has 2 atom stereocenters. The molecule has 1 aromatic heterocycles. The van der Waals surface area contributed by atoms with Gasteiger partial charge in [0.1, 0.15) is 12.4 Å². The molecule has 2 heterocycles. The van der Waals surface area contributed by atoms with Crippen molar-refractivity contribution in [2.45, 2.75) is 6.61 Å². The monoisotopic (exact) mass is 406 g/mol. The lowest BCUT2D eigenvalue weighted by Gasteiger charge is -2.16. The number of amides is 2. The SMILES string of the molecule is O=C(NO)[C@H]1CNC[C@@H]1C(=O)Nc1ccc(COc2ccnc3ccccc23)cc1. The summed E-state index contributed by atoms with van der Waals surface area (Å²) < 4.78 is 5.96. The lowest BCUT2D eigenvalue weighted by Crippen LogP contribution is -2.38. The van der Waals surface area contributed by atoms with Gasteiger partial charge in [-0.15, -0.1) is 0 Å². The highest BCUT2D eigenvalue weighted by molar-refractivity contribution is 5.96. The molecule has 0 radical (unpaired) electrons. The summed E-state index contributed by atoms with van der Waals surface area (Å²) in [6, 6.07) is 17.0. The fraction of sp³-hybridized carbons (Fsp3) is 0.227.